The first-order chi connectivity index (χ1) is 12.2. The number of aromatic amines is 1. The fourth-order valence-corrected chi connectivity index (χ4v) is 4.19. The minimum absolute atomic E-state index is 0.150. The summed E-state index contributed by atoms with van der Waals surface area (Å²) in [5, 5.41) is 9.90. The number of fused-ring (bicyclic) bond motifs is 1. The van der Waals surface area contributed by atoms with E-state index in [4.69, 9.17) is 0 Å². The summed E-state index contributed by atoms with van der Waals surface area (Å²) in [4.78, 5) is 14.8. The van der Waals surface area contributed by atoms with E-state index in [0.717, 1.165) is 43.0 Å². The van der Waals surface area contributed by atoms with Gasteiger partial charge in [-0.05, 0) is 29.5 Å². The molecule has 25 heavy (non-hydrogen) atoms. The lowest BCUT2D eigenvalue weighted by Gasteiger charge is -2.26. The van der Waals surface area contributed by atoms with Crippen LogP contribution < -0.4 is 0 Å². The summed E-state index contributed by atoms with van der Waals surface area (Å²) in [5.41, 5.74) is 6.29. The topological polar surface area (TPSA) is 49.0 Å². The third-order valence-corrected chi connectivity index (χ3v) is 5.80. The zero-order chi connectivity index (χ0) is 17.2. The van der Waals surface area contributed by atoms with Crippen LogP contribution in [0.2, 0.25) is 0 Å². The van der Waals surface area contributed by atoms with Crippen LogP contribution in [-0.4, -0.2) is 27.4 Å². The van der Waals surface area contributed by atoms with Gasteiger partial charge in [0.05, 0.1) is 10.6 Å². The van der Waals surface area contributed by atoms with Gasteiger partial charge in [0.1, 0.15) is 0 Å². The summed E-state index contributed by atoms with van der Waals surface area (Å²) >= 11 is 1.54. The molecule has 0 fully saturated rings. The Morgan fingerprint density at radius 3 is 2.88 bits per heavy atom. The summed E-state index contributed by atoms with van der Waals surface area (Å²) < 4.78 is 0. The predicted molar refractivity (Wildman–Crippen MR) is 100.0 cm³/mol. The molecule has 0 radical (unpaired) electrons. The molecule has 0 aliphatic carbocycles. The number of hydrogen-bond donors (Lipinski definition) is 1. The molecular weight excluding hydrogens is 330 g/mol. The highest BCUT2D eigenvalue weighted by Crippen LogP contribution is 2.25. The maximum absolute atomic E-state index is 11.5. The number of nitrogens with zero attached hydrogens (tertiary/aromatic N) is 2. The lowest BCUT2D eigenvalue weighted by molar-refractivity contribution is 0.102. The van der Waals surface area contributed by atoms with E-state index < -0.39 is 0 Å². The molecule has 0 saturated heterocycles. The van der Waals surface area contributed by atoms with Crippen molar-refractivity contribution in [2.75, 3.05) is 6.54 Å². The predicted octanol–water partition coefficient (Wildman–Crippen LogP) is 3.82. The molecule has 0 unspecified atom stereocenters. The second-order valence-corrected chi connectivity index (χ2v) is 7.54. The number of rotatable bonds is 5. The summed E-state index contributed by atoms with van der Waals surface area (Å²) in [6.45, 7) is 4.45. The number of Topliss-reactive ketones (excluding diaryl/α,β-unsaturated/α-hetero) is 1. The number of benzene rings is 1. The van der Waals surface area contributed by atoms with Crippen LogP contribution in [0, 0.1) is 0 Å². The van der Waals surface area contributed by atoms with E-state index in [2.05, 4.69) is 44.7 Å². The van der Waals surface area contributed by atoms with Gasteiger partial charge in [0.15, 0.2) is 5.78 Å². The van der Waals surface area contributed by atoms with E-state index in [9.17, 15) is 4.79 Å². The molecule has 128 valence electrons. The summed E-state index contributed by atoms with van der Waals surface area (Å²) in [5.74, 6) is 0.150. The van der Waals surface area contributed by atoms with E-state index in [1.165, 1.54) is 22.4 Å². The number of nitrogens with one attached hydrogen (secondary N) is 1. The third kappa shape index (κ3) is 3.57. The average Bonchev–Trinajstić information content (AvgIpc) is 3.24. The van der Waals surface area contributed by atoms with Crippen LogP contribution in [0.1, 0.15) is 44.7 Å². The molecule has 1 aliphatic rings. The summed E-state index contributed by atoms with van der Waals surface area (Å²) in [6.07, 6.45) is 1.87. The highest BCUT2D eigenvalue weighted by Gasteiger charge is 2.22. The standard InChI is InChI=1S/C20H21N3OS/c1-14(24)20-10-16(13-25-20)11-23-8-7-18-17(12-23)19(22-21-18)9-15-5-3-2-4-6-15/h2-6,10,13H,7-9,11-12H2,1H3,(H,21,22). The van der Waals surface area contributed by atoms with Gasteiger partial charge in [0.25, 0.3) is 0 Å². The number of ketones is 1. The quantitative estimate of drug-likeness (QED) is 0.711. The Labute approximate surface area is 151 Å². The lowest BCUT2D eigenvalue weighted by atomic mass is 10.0. The lowest BCUT2D eigenvalue weighted by Crippen LogP contribution is -2.30. The molecular formula is C20H21N3OS. The largest absolute Gasteiger partial charge is 0.294 e. The molecule has 0 bridgehead atoms. The first-order valence-electron chi connectivity index (χ1n) is 8.58. The molecule has 2 aromatic heterocycles. The monoisotopic (exact) mass is 351 g/mol. The molecule has 1 N–H and O–H groups in total. The van der Waals surface area contributed by atoms with E-state index in [-0.39, 0.29) is 5.78 Å². The van der Waals surface area contributed by atoms with Gasteiger partial charge in [-0.3, -0.25) is 14.8 Å². The van der Waals surface area contributed by atoms with E-state index >= 15 is 0 Å². The fraction of sp³-hybridized carbons (Fsp3) is 0.300. The highest BCUT2D eigenvalue weighted by atomic mass is 32.1. The van der Waals surface area contributed by atoms with Crippen LogP contribution in [0.25, 0.3) is 0 Å². The van der Waals surface area contributed by atoms with Gasteiger partial charge in [-0.15, -0.1) is 11.3 Å². The molecule has 0 spiro atoms. The van der Waals surface area contributed by atoms with Crippen molar-refractivity contribution in [3.05, 3.63) is 74.7 Å². The van der Waals surface area contributed by atoms with Crippen molar-refractivity contribution < 1.29 is 4.79 Å². The van der Waals surface area contributed by atoms with Crippen molar-refractivity contribution in [2.45, 2.75) is 32.9 Å². The molecule has 4 nitrogen and oxygen atoms in total. The first kappa shape index (κ1) is 16.2. The molecule has 1 aliphatic heterocycles. The zero-order valence-electron chi connectivity index (χ0n) is 14.3. The molecule has 0 saturated carbocycles. The Hall–Kier alpha value is -2.24. The smallest absolute Gasteiger partial charge is 0.169 e. The molecule has 5 heteroatoms. The molecule has 0 atom stereocenters. The Kier molecular flexibility index (Phi) is 4.51. The maximum Gasteiger partial charge on any atom is 0.169 e. The van der Waals surface area contributed by atoms with Gasteiger partial charge in [0, 0.05) is 43.7 Å². The van der Waals surface area contributed by atoms with E-state index in [0.29, 0.717) is 0 Å². The Bertz CT molecular complexity index is 881. The molecule has 3 heterocycles. The maximum atomic E-state index is 11.5. The van der Waals surface area contributed by atoms with Gasteiger partial charge >= 0.3 is 0 Å². The van der Waals surface area contributed by atoms with Crippen molar-refractivity contribution in [3.8, 4) is 0 Å². The van der Waals surface area contributed by atoms with Gasteiger partial charge in [-0.25, -0.2) is 0 Å². The van der Waals surface area contributed by atoms with E-state index in [1.807, 2.05) is 12.1 Å². The third-order valence-electron chi connectivity index (χ3n) is 4.72. The van der Waals surface area contributed by atoms with Crippen molar-refractivity contribution in [1.29, 1.82) is 0 Å². The number of carbonyl (C=O) groups excluding carboxylic acids is 1. The summed E-state index contributed by atoms with van der Waals surface area (Å²) in [7, 11) is 0. The van der Waals surface area contributed by atoms with Gasteiger partial charge in [-0.2, -0.15) is 5.10 Å². The van der Waals surface area contributed by atoms with Crippen LogP contribution in [0.5, 0.6) is 0 Å². The number of hydrogen-bond acceptors (Lipinski definition) is 4. The minimum atomic E-state index is 0.150. The van der Waals surface area contributed by atoms with Crippen LogP contribution in [0.4, 0.5) is 0 Å². The van der Waals surface area contributed by atoms with Crippen molar-refractivity contribution in [2.24, 2.45) is 0 Å². The van der Waals surface area contributed by atoms with Crippen LogP contribution in [-0.2, 0) is 25.9 Å². The first-order valence-corrected chi connectivity index (χ1v) is 9.46. The van der Waals surface area contributed by atoms with Gasteiger partial charge < -0.3 is 0 Å². The van der Waals surface area contributed by atoms with Crippen LogP contribution >= 0.6 is 11.3 Å². The van der Waals surface area contributed by atoms with Crippen LogP contribution in [0.3, 0.4) is 0 Å². The number of thiophene rings is 1. The van der Waals surface area contributed by atoms with E-state index in [1.54, 1.807) is 18.3 Å². The normalized spacial score (nSPS) is 14.4. The van der Waals surface area contributed by atoms with Crippen molar-refractivity contribution in [3.63, 3.8) is 0 Å². The SMILES string of the molecule is CC(=O)c1cc(CN2CCc3[nH]nc(Cc4ccccc4)c3C2)cs1. The number of aromatic nitrogens is 2. The zero-order valence-corrected chi connectivity index (χ0v) is 15.1. The Balaban J connectivity index is 1.48. The van der Waals surface area contributed by atoms with Gasteiger partial charge in [-0.1, -0.05) is 30.3 Å². The molecule has 1 aromatic carbocycles. The highest BCUT2D eigenvalue weighted by molar-refractivity contribution is 7.12. The second-order valence-electron chi connectivity index (χ2n) is 6.63. The Morgan fingerprint density at radius 2 is 2.12 bits per heavy atom. The number of carbonyl (C=O) groups is 1. The fourth-order valence-electron chi connectivity index (χ4n) is 3.38. The molecule has 4 rings (SSSR count). The minimum Gasteiger partial charge on any atom is -0.294 e. The summed E-state index contributed by atoms with van der Waals surface area (Å²) in [6, 6.07) is 12.5. The number of H-pyrrole nitrogens is 1. The average molecular weight is 351 g/mol. The van der Waals surface area contributed by atoms with Crippen molar-refractivity contribution >= 4 is 17.1 Å². The molecule has 3 aromatic rings. The second kappa shape index (κ2) is 6.94. The van der Waals surface area contributed by atoms with Crippen LogP contribution in [0.15, 0.2) is 41.8 Å². The Morgan fingerprint density at radius 1 is 1.28 bits per heavy atom. The molecule has 0 amide bonds. The van der Waals surface area contributed by atoms with Crippen molar-refractivity contribution in [1.82, 2.24) is 15.1 Å². The van der Waals surface area contributed by atoms with Gasteiger partial charge in [0.2, 0.25) is 0 Å².